The Labute approximate surface area is 167 Å². The number of benzene rings is 2. The van der Waals surface area contributed by atoms with Crippen molar-refractivity contribution in [3.05, 3.63) is 58.1 Å². The Hall–Kier alpha value is -2.09. The first kappa shape index (κ1) is 19.7. The van der Waals surface area contributed by atoms with Gasteiger partial charge in [0.2, 0.25) is 20.9 Å². The molecule has 1 heterocycles. The average molecular weight is 426 g/mol. The molecule has 0 aliphatic rings. The summed E-state index contributed by atoms with van der Waals surface area (Å²) in [5.41, 5.74) is 1.80. The molecular weight excluding hydrogens is 409 g/mol. The molecule has 0 aliphatic carbocycles. The van der Waals surface area contributed by atoms with E-state index in [1.165, 1.54) is 4.57 Å². The van der Waals surface area contributed by atoms with Crippen LogP contribution < -0.4 is 5.32 Å². The van der Waals surface area contributed by atoms with Gasteiger partial charge in [0.15, 0.2) is 0 Å². The molecule has 0 radical (unpaired) electrons. The highest BCUT2D eigenvalue weighted by atomic mass is 35.5. The summed E-state index contributed by atoms with van der Waals surface area (Å²) in [5.74, 6) is -0.360. The molecular formula is C18H17Cl2N3O3S. The number of carbonyl (C=O) groups excluding carboxylic acids is 1. The molecule has 9 heteroatoms. The van der Waals surface area contributed by atoms with Crippen molar-refractivity contribution >= 4 is 50.0 Å². The number of halogens is 2. The van der Waals surface area contributed by atoms with Crippen LogP contribution in [0.15, 0.2) is 47.6 Å². The molecule has 0 aliphatic heterocycles. The minimum absolute atomic E-state index is 0.143. The van der Waals surface area contributed by atoms with E-state index in [1.807, 2.05) is 0 Å². The molecule has 142 valence electrons. The number of amides is 1. The van der Waals surface area contributed by atoms with Crippen molar-refractivity contribution < 1.29 is 13.2 Å². The summed E-state index contributed by atoms with van der Waals surface area (Å²) in [6, 6.07) is 11.6. The van der Waals surface area contributed by atoms with E-state index in [-0.39, 0.29) is 23.7 Å². The standard InChI is InChI=1S/C18H17Cl2N3O3S/c1-11(13-8-7-12(19)9-14(13)20)21-17(24)10-23-16-6-4-3-5-15(16)22-18(23)27(2,25)26/h3-9,11H,10H2,1-2H3,(H,21,24)/t11-/m1/s1. The number of hydrogen-bond donors (Lipinski definition) is 1. The second kappa shape index (κ2) is 7.50. The smallest absolute Gasteiger partial charge is 0.240 e. The van der Waals surface area contributed by atoms with Gasteiger partial charge in [-0.05, 0) is 36.8 Å². The van der Waals surface area contributed by atoms with Gasteiger partial charge in [-0.25, -0.2) is 13.4 Å². The highest BCUT2D eigenvalue weighted by molar-refractivity contribution is 7.90. The van der Waals surface area contributed by atoms with Gasteiger partial charge in [0.05, 0.1) is 17.1 Å². The lowest BCUT2D eigenvalue weighted by Gasteiger charge is -2.17. The van der Waals surface area contributed by atoms with Gasteiger partial charge in [-0.3, -0.25) is 4.79 Å². The molecule has 27 heavy (non-hydrogen) atoms. The van der Waals surface area contributed by atoms with Crippen LogP contribution in [-0.2, 0) is 21.2 Å². The van der Waals surface area contributed by atoms with E-state index >= 15 is 0 Å². The normalized spacial score (nSPS) is 12.9. The Morgan fingerprint density at radius 1 is 1.22 bits per heavy atom. The Morgan fingerprint density at radius 3 is 2.59 bits per heavy atom. The summed E-state index contributed by atoms with van der Waals surface area (Å²) < 4.78 is 25.6. The van der Waals surface area contributed by atoms with Gasteiger partial charge >= 0.3 is 0 Å². The molecule has 1 atom stereocenters. The zero-order valence-corrected chi connectivity index (χ0v) is 16.9. The Bertz CT molecular complexity index is 1130. The van der Waals surface area contributed by atoms with Crippen molar-refractivity contribution in [1.82, 2.24) is 14.9 Å². The van der Waals surface area contributed by atoms with Crippen LogP contribution in [0.25, 0.3) is 11.0 Å². The predicted octanol–water partition coefficient (Wildman–Crippen LogP) is 3.62. The third-order valence-electron chi connectivity index (χ3n) is 4.06. The molecule has 2 aromatic carbocycles. The van der Waals surface area contributed by atoms with Gasteiger partial charge in [0.1, 0.15) is 6.54 Å². The largest absolute Gasteiger partial charge is 0.348 e. The number of fused-ring (bicyclic) bond motifs is 1. The second-order valence-corrected chi connectivity index (χ2v) is 8.95. The van der Waals surface area contributed by atoms with Crippen LogP contribution in [-0.4, -0.2) is 30.1 Å². The van der Waals surface area contributed by atoms with Crippen molar-refractivity contribution in [2.75, 3.05) is 6.26 Å². The van der Waals surface area contributed by atoms with Gasteiger partial charge in [0, 0.05) is 16.3 Å². The number of nitrogens with one attached hydrogen (secondary N) is 1. The number of imidazole rings is 1. The molecule has 0 fully saturated rings. The molecule has 0 bridgehead atoms. The van der Waals surface area contributed by atoms with Gasteiger partial charge in [-0.1, -0.05) is 41.4 Å². The maximum Gasteiger partial charge on any atom is 0.240 e. The Morgan fingerprint density at radius 2 is 1.93 bits per heavy atom. The zero-order valence-electron chi connectivity index (χ0n) is 14.6. The van der Waals surface area contributed by atoms with Crippen LogP contribution in [0.1, 0.15) is 18.5 Å². The lowest BCUT2D eigenvalue weighted by molar-refractivity contribution is -0.122. The average Bonchev–Trinajstić information content (AvgIpc) is 2.93. The fraction of sp³-hybridized carbons (Fsp3) is 0.222. The Balaban J connectivity index is 1.88. The molecule has 0 spiro atoms. The number of aromatic nitrogens is 2. The predicted molar refractivity (Wildman–Crippen MR) is 106 cm³/mol. The van der Waals surface area contributed by atoms with E-state index in [0.717, 1.165) is 6.26 Å². The summed E-state index contributed by atoms with van der Waals surface area (Å²) >= 11 is 12.1. The van der Waals surface area contributed by atoms with E-state index in [4.69, 9.17) is 23.2 Å². The van der Waals surface area contributed by atoms with Crippen molar-refractivity contribution in [2.45, 2.75) is 24.7 Å². The first-order valence-electron chi connectivity index (χ1n) is 8.06. The SMILES string of the molecule is C[C@@H](NC(=O)Cn1c(S(C)(=O)=O)nc2ccccc21)c1ccc(Cl)cc1Cl. The fourth-order valence-electron chi connectivity index (χ4n) is 2.85. The topological polar surface area (TPSA) is 81.1 Å². The summed E-state index contributed by atoms with van der Waals surface area (Å²) in [4.78, 5) is 16.7. The van der Waals surface area contributed by atoms with Gasteiger partial charge in [0.25, 0.3) is 0 Å². The Kier molecular flexibility index (Phi) is 5.46. The highest BCUT2D eigenvalue weighted by Gasteiger charge is 2.22. The zero-order chi connectivity index (χ0) is 19.8. The van der Waals surface area contributed by atoms with Gasteiger partial charge in [-0.2, -0.15) is 0 Å². The van der Waals surface area contributed by atoms with E-state index in [9.17, 15) is 13.2 Å². The third-order valence-corrected chi connectivity index (χ3v) is 5.60. The highest BCUT2D eigenvalue weighted by Crippen LogP contribution is 2.26. The maximum absolute atomic E-state index is 12.6. The summed E-state index contributed by atoms with van der Waals surface area (Å²) in [6.45, 7) is 1.61. The summed E-state index contributed by atoms with van der Waals surface area (Å²) in [5, 5.41) is 3.63. The fourth-order valence-corrected chi connectivity index (χ4v) is 4.25. The third kappa shape index (κ3) is 4.26. The molecule has 3 aromatic rings. The molecule has 1 N–H and O–H groups in total. The summed E-state index contributed by atoms with van der Waals surface area (Å²) in [6.07, 6.45) is 1.07. The number of nitrogens with zero attached hydrogens (tertiary/aromatic N) is 2. The number of sulfone groups is 1. The second-order valence-electron chi connectivity index (χ2n) is 6.20. The lowest BCUT2D eigenvalue weighted by Crippen LogP contribution is -2.31. The van der Waals surface area contributed by atoms with Crippen molar-refractivity contribution in [1.29, 1.82) is 0 Å². The van der Waals surface area contributed by atoms with E-state index in [2.05, 4.69) is 10.3 Å². The molecule has 0 saturated heterocycles. The monoisotopic (exact) mass is 425 g/mol. The minimum atomic E-state index is -3.60. The van der Waals surface area contributed by atoms with Crippen LogP contribution in [0.4, 0.5) is 0 Å². The number of carbonyl (C=O) groups is 1. The van der Waals surface area contributed by atoms with Crippen LogP contribution in [0.3, 0.4) is 0 Å². The van der Waals surface area contributed by atoms with Gasteiger partial charge < -0.3 is 9.88 Å². The minimum Gasteiger partial charge on any atom is -0.348 e. The lowest BCUT2D eigenvalue weighted by atomic mass is 10.1. The van der Waals surface area contributed by atoms with E-state index < -0.39 is 9.84 Å². The van der Waals surface area contributed by atoms with Crippen LogP contribution in [0, 0.1) is 0 Å². The molecule has 3 rings (SSSR count). The van der Waals surface area contributed by atoms with Crippen molar-refractivity contribution in [3.63, 3.8) is 0 Å². The molecule has 1 aromatic heterocycles. The first-order chi connectivity index (χ1) is 12.7. The van der Waals surface area contributed by atoms with Crippen molar-refractivity contribution in [3.8, 4) is 0 Å². The number of para-hydroxylation sites is 2. The molecule has 0 unspecified atom stereocenters. The molecule has 6 nitrogen and oxygen atoms in total. The van der Waals surface area contributed by atoms with E-state index in [1.54, 1.807) is 49.4 Å². The van der Waals surface area contributed by atoms with Crippen LogP contribution in [0.5, 0.6) is 0 Å². The first-order valence-corrected chi connectivity index (χ1v) is 10.7. The van der Waals surface area contributed by atoms with Crippen molar-refractivity contribution in [2.24, 2.45) is 0 Å². The molecule has 0 saturated carbocycles. The number of hydrogen-bond acceptors (Lipinski definition) is 4. The number of rotatable bonds is 5. The van der Waals surface area contributed by atoms with Gasteiger partial charge in [-0.15, -0.1) is 0 Å². The van der Waals surface area contributed by atoms with E-state index in [0.29, 0.717) is 26.6 Å². The quantitative estimate of drug-likeness (QED) is 0.676. The van der Waals surface area contributed by atoms with Crippen LogP contribution >= 0.6 is 23.2 Å². The van der Waals surface area contributed by atoms with Crippen LogP contribution in [0.2, 0.25) is 10.0 Å². The molecule has 1 amide bonds. The maximum atomic E-state index is 12.6. The summed E-state index contributed by atoms with van der Waals surface area (Å²) in [7, 11) is -3.60.